The third-order valence-electron chi connectivity index (χ3n) is 1.80. The molecule has 0 aromatic rings. The van der Waals surface area contributed by atoms with Gasteiger partial charge in [-0.1, -0.05) is 0 Å². The summed E-state index contributed by atoms with van der Waals surface area (Å²) in [5.41, 5.74) is 0. The van der Waals surface area contributed by atoms with Gasteiger partial charge in [0.2, 0.25) is 0 Å². The number of hydrogen-bond donors (Lipinski definition) is 1. The van der Waals surface area contributed by atoms with E-state index in [9.17, 15) is 0 Å². The summed E-state index contributed by atoms with van der Waals surface area (Å²) in [5, 5.41) is 9.04. The summed E-state index contributed by atoms with van der Waals surface area (Å²) in [6.45, 7) is 3.82. The zero-order valence-corrected chi connectivity index (χ0v) is 6.00. The molecule has 0 aliphatic carbocycles. The molecule has 1 rings (SSSR count). The molecule has 0 saturated carbocycles. The molecule has 0 amide bonds. The van der Waals surface area contributed by atoms with Crippen molar-refractivity contribution in [2.24, 2.45) is 0 Å². The van der Waals surface area contributed by atoms with Crippen LogP contribution in [0, 0.1) is 0 Å². The summed E-state index contributed by atoms with van der Waals surface area (Å²) in [6.07, 6.45) is 2.26. The van der Waals surface area contributed by atoms with Crippen molar-refractivity contribution in [3.8, 4) is 0 Å². The first-order chi connectivity index (χ1) is 4.20. The number of ether oxygens (including phenoxy) is 1. The van der Waals surface area contributed by atoms with Gasteiger partial charge >= 0.3 is 0 Å². The SMILES string of the molecule is CC1CCC([C@@H](C)O)O1. The van der Waals surface area contributed by atoms with Crippen molar-refractivity contribution < 1.29 is 9.84 Å². The van der Waals surface area contributed by atoms with Crippen molar-refractivity contribution >= 4 is 0 Å². The lowest BCUT2D eigenvalue weighted by Crippen LogP contribution is -2.22. The van der Waals surface area contributed by atoms with Crippen LogP contribution in [0.25, 0.3) is 0 Å². The van der Waals surface area contributed by atoms with E-state index in [0.29, 0.717) is 6.10 Å². The van der Waals surface area contributed by atoms with E-state index in [2.05, 4.69) is 0 Å². The number of hydrogen-bond acceptors (Lipinski definition) is 2. The van der Waals surface area contributed by atoms with Crippen LogP contribution in [0.3, 0.4) is 0 Å². The molecule has 54 valence electrons. The first-order valence-electron chi connectivity index (χ1n) is 3.53. The van der Waals surface area contributed by atoms with Crippen LogP contribution in [0.4, 0.5) is 0 Å². The molecule has 1 aliphatic rings. The molecule has 1 heterocycles. The Morgan fingerprint density at radius 1 is 1.56 bits per heavy atom. The van der Waals surface area contributed by atoms with Crippen LogP contribution in [0.15, 0.2) is 0 Å². The molecule has 3 atom stereocenters. The smallest absolute Gasteiger partial charge is 0.0835 e. The van der Waals surface area contributed by atoms with Gasteiger partial charge in [0.15, 0.2) is 0 Å². The second-order valence-corrected chi connectivity index (χ2v) is 2.80. The largest absolute Gasteiger partial charge is 0.391 e. The van der Waals surface area contributed by atoms with Crippen LogP contribution >= 0.6 is 0 Å². The highest BCUT2D eigenvalue weighted by Gasteiger charge is 2.24. The van der Waals surface area contributed by atoms with Gasteiger partial charge in [0, 0.05) is 0 Å². The highest BCUT2D eigenvalue weighted by molar-refractivity contribution is 4.73. The number of aliphatic hydroxyl groups is 1. The molecule has 2 nitrogen and oxygen atoms in total. The van der Waals surface area contributed by atoms with E-state index in [4.69, 9.17) is 9.84 Å². The average molecular weight is 130 g/mol. The van der Waals surface area contributed by atoms with Crippen molar-refractivity contribution in [1.82, 2.24) is 0 Å². The Hall–Kier alpha value is -0.0800. The van der Waals surface area contributed by atoms with Crippen molar-refractivity contribution in [2.75, 3.05) is 0 Å². The topological polar surface area (TPSA) is 29.5 Å². The predicted octanol–water partition coefficient (Wildman–Crippen LogP) is 0.935. The summed E-state index contributed by atoms with van der Waals surface area (Å²) in [5.74, 6) is 0. The highest BCUT2D eigenvalue weighted by atomic mass is 16.5. The first-order valence-corrected chi connectivity index (χ1v) is 3.53. The Morgan fingerprint density at radius 3 is 2.44 bits per heavy atom. The fourth-order valence-corrected chi connectivity index (χ4v) is 1.19. The Kier molecular flexibility index (Phi) is 2.09. The van der Waals surface area contributed by atoms with E-state index in [1.54, 1.807) is 6.92 Å². The van der Waals surface area contributed by atoms with Gasteiger partial charge in [-0.05, 0) is 26.7 Å². The second-order valence-electron chi connectivity index (χ2n) is 2.80. The van der Waals surface area contributed by atoms with E-state index in [1.807, 2.05) is 6.92 Å². The minimum Gasteiger partial charge on any atom is -0.391 e. The third kappa shape index (κ3) is 1.66. The molecule has 1 aliphatic heterocycles. The predicted molar refractivity (Wildman–Crippen MR) is 35.2 cm³/mol. The van der Waals surface area contributed by atoms with Gasteiger partial charge < -0.3 is 9.84 Å². The van der Waals surface area contributed by atoms with E-state index < -0.39 is 0 Å². The molecule has 0 radical (unpaired) electrons. The van der Waals surface area contributed by atoms with Crippen LogP contribution in [0.2, 0.25) is 0 Å². The number of rotatable bonds is 1. The quantitative estimate of drug-likeness (QED) is 0.572. The summed E-state index contributed by atoms with van der Waals surface area (Å²) in [4.78, 5) is 0. The van der Waals surface area contributed by atoms with Crippen molar-refractivity contribution in [3.63, 3.8) is 0 Å². The molecule has 2 unspecified atom stereocenters. The van der Waals surface area contributed by atoms with E-state index in [1.165, 1.54) is 0 Å². The highest BCUT2D eigenvalue weighted by Crippen LogP contribution is 2.21. The van der Waals surface area contributed by atoms with E-state index in [0.717, 1.165) is 12.8 Å². The van der Waals surface area contributed by atoms with Gasteiger partial charge in [-0.3, -0.25) is 0 Å². The zero-order valence-electron chi connectivity index (χ0n) is 6.00. The molecule has 1 N–H and O–H groups in total. The van der Waals surface area contributed by atoms with Gasteiger partial charge in [-0.25, -0.2) is 0 Å². The molecular formula is C7H14O2. The number of aliphatic hydroxyl groups excluding tert-OH is 1. The van der Waals surface area contributed by atoms with Gasteiger partial charge in [-0.15, -0.1) is 0 Å². The third-order valence-corrected chi connectivity index (χ3v) is 1.80. The molecule has 1 fully saturated rings. The summed E-state index contributed by atoms with van der Waals surface area (Å²) >= 11 is 0. The molecule has 0 spiro atoms. The Bertz CT molecular complexity index is 90.9. The Balaban J connectivity index is 2.30. The van der Waals surface area contributed by atoms with Gasteiger partial charge in [0.05, 0.1) is 18.3 Å². The normalized spacial score (nSPS) is 39.0. The maximum absolute atomic E-state index is 9.04. The molecule has 2 heteroatoms. The fourth-order valence-electron chi connectivity index (χ4n) is 1.19. The molecule has 1 saturated heterocycles. The first kappa shape index (κ1) is 7.03. The Labute approximate surface area is 55.8 Å². The lowest BCUT2D eigenvalue weighted by atomic mass is 10.1. The summed E-state index contributed by atoms with van der Waals surface area (Å²) < 4.78 is 5.37. The fraction of sp³-hybridized carbons (Fsp3) is 1.00. The van der Waals surface area contributed by atoms with Gasteiger partial charge in [0.1, 0.15) is 0 Å². The monoisotopic (exact) mass is 130 g/mol. The van der Waals surface area contributed by atoms with Gasteiger partial charge in [-0.2, -0.15) is 0 Å². The minimum absolute atomic E-state index is 0.0972. The zero-order chi connectivity index (χ0) is 6.85. The lowest BCUT2D eigenvalue weighted by molar-refractivity contribution is -0.0203. The second kappa shape index (κ2) is 2.67. The standard InChI is InChI=1S/C7H14O2/c1-5-3-4-7(9-5)6(2)8/h5-8H,3-4H2,1-2H3/t5?,6-,7?/m1/s1. The molecule has 0 aromatic carbocycles. The van der Waals surface area contributed by atoms with Gasteiger partial charge in [0.25, 0.3) is 0 Å². The van der Waals surface area contributed by atoms with Crippen LogP contribution in [-0.2, 0) is 4.74 Å². The summed E-state index contributed by atoms with van der Waals surface area (Å²) in [7, 11) is 0. The van der Waals surface area contributed by atoms with Crippen LogP contribution in [-0.4, -0.2) is 23.4 Å². The van der Waals surface area contributed by atoms with Crippen molar-refractivity contribution in [1.29, 1.82) is 0 Å². The van der Waals surface area contributed by atoms with Crippen LogP contribution in [0.5, 0.6) is 0 Å². The average Bonchev–Trinajstić information content (AvgIpc) is 2.14. The molecule has 0 bridgehead atoms. The molecular weight excluding hydrogens is 116 g/mol. The van der Waals surface area contributed by atoms with Crippen molar-refractivity contribution in [2.45, 2.75) is 45.0 Å². The van der Waals surface area contributed by atoms with Crippen LogP contribution < -0.4 is 0 Å². The summed E-state index contributed by atoms with van der Waals surface area (Å²) in [6, 6.07) is 0. The Morgan fingerprint density at radius 2 is 2.22 bits per heavy atom. The minimum atomic E-state index is -0.296. The maximum atomic E-state index is 9.04. The molecule has 0 aromatic heterocycles. The molecule has 9 heavy (non-hydrogen) atoms. The van der Waals surface area contributed by atoms with E-state index >= 15 is 0 Å². The lowest BCUT2D eigenvalue weighted by Gasteiger charge is -2.12. The van der Waals surface area contributed by atoms with Crippen LogP contribution in [0.1, 0.15) is 26.7 Å². The van der Waals surface area contributed by atoms with E-state index in [-0.39, 0.29) is 12.2 Å². The maximum Gasteiger partial charge on any atom is 0.0835 e. The van der Waals surface area contributed by atoms with Crippen molar-refractivity contribution in [3.05, 3.63) is 0 Å².